The van der Waals surface area contributed by atoms with E-state index >= 15 is 0 Å². The molecule has 1 N–H and O–H groups in total. The minimum absolute atomic E-state index is 0.109. The largest absolute Gasteiger partial charge is 0.393 e. The normalized spacial score (nSPS) is 48.5. The Bertz CT molecular complexity index is 636. The van der Waals surface area contributed by atoms with Gasteiger partial charge in [0.15, 0.2) is 0 Å². The molecule has 0 aromatic rings. The molecule has 0 heterocycles. The highest BCUT2D eigenvalue weighted by Gasteiger charge is 2.61. The summed E-state index contributed by atoms with van der Waals surface area (Å²) < 4.78 is 0. The maximum atomic E-state index is 10.8. The van der Waals surface area contributed by atoms with Gasteiger partial charge in [0.2, 0.25) is 0 Å². The standard InChI is InChI=1S/C30H52O/c1-7-9-23-26-13-12-22-25-15-14-24(21(4)11-8-10-20(2)3)29(25,5)18-16-27(22)30(26,6)19-17-28(23)31/h7,9,20-28,31H,8,10-19H2,1-6H3/t21-,22+,23+,24-,25+,26+,27+,28-,29-,30+/m1/s1. The molecule has 1 heteroatoms. The molecule has 0 spiro atoms. The Morgan fingerprint density at radius 3 is 2.23 bits per heavy atom. The molecule has 0 amide bonds. The van der Waals surface area contributed by atoms with Crippen LogP contribution in [0.1, 0.15) is 112 Å². The third-order valence-electron chi connectivity index (χ3n) is 11.4. The average Bonchev–Trinajstić information content (AvgIpc) is 3.07. The molecular formula is C30H52O. The lowest BCUT2D eigenvalue weighted by atomic mass is 9.43. The van der Waals surface area contributed by atoms with Crippen molar-refractivity contribution in [2.45, 2.75) is 118 Å². The van der Waals surface area contributed by atoms with E-state index in [1.165, 1.54) is 64.2 Å². The van der Waals surface area contributed by atoms with Crippen LogP contribution < -0.4 is 0 Å². The van der Waals surface area contributed by atoms with Crippen LogP contribution in [0.25, 0.3) is 0 Å². The van der Waals surface area contributed by atoms with Gasteiger partial charge in [-0.1, -0.05) is 66.0 Å². The van der Waals surface area contributed by atoms with Gasteiger partial charge in [0.25, 0.3) is 0 Å². The fourth-order valence-electron chi connectivity index (χ4n) is 9.92. The molecule has 4 rings (SSSR count). The van der Waals surface area contributed by atoms with E-state index < -0.39 is 0 Å². The number of aliphatic hydroxyl groups excluding tert-OH is 1. The van der Waals surface area contributed by atoms with Gasteiger partial charge >= 0.3 is 0 Å². The Kier molecular flexibility index (Phi) is 7.04. The van der Waals surface area contributed by atoms with Gasteiger partial charge in [-0.15, -0.1) is 0 Å². The maximum Gasteiger partial charge on any atom is 0.0605 e. The second-order valence-electron chi connectivity index (χ2n) is 13.3. The number of hydrogen-bond acceptors (Lipinski definition) is 1. The first-order chi connectivity index (χ1) is 14.7. The summed E-state index contributed by atoms with van der Waals surface area (Å²) in [5, 5.41) is 10.8. The SMILES string of the molecule is CC=C[C@@H]1[C@H](O)CC[C@@]2(C)[C@H]1CC[C@@H]1[C@@H]2CC[C@]2(C)[C@@H]([C@H](C)CCCC(C)C)CC[C@@H]12. The summed E-state index contributed by atoms with van der Waals surface area (Å²) >= 11 is 0. The summed E-state index contributed by atoms with van der Waals surface area (Å²) in [5.41, 5.74) is 1.05. The van der Waals surface area contributed by atoms with Crippen LogP contribution in [0.2, 0.25) is 0 Å². The van der Waals surface area contributed by atoms with Gasteiger partial charge in [-0.3, -0.25) is 0 Å². The predicted octanol–water partition coefficient (Wildman–Crippen LogP) is 8.27. The van der Waals surface area contributed by atoms with Gasteiger partial charge in [-0.05, 0) is 111 Å². The summed E-state index contributed by atoms with van der Waals surface area (Å²) in [6, 6.07) is 0. The molecule has 4 aliphatic rings. The lowest BCUT2D eigenvalue weighted by Crippen LogP contribution is -2.56. The monoisotopic (exact) mass is 428 g/mol. The highest BCUT2D eigenvalue weighted by Crippen LogP contribution is 2.69. The summed E-state index contributed by atoms with van der Waals surface area (Å²) in [7, 11) is 0. The fourth-order valence-corrected chi connectivity index (χ4v) is 9.92. The number of rotatable bonds is 6. The molecule has 178 valence electrons. The Balaban J connectivity index is 1.49. The van der Waals surface area contributed by atoms with Crippen molar-refractivity contribution in [1.82, 2.24) is 0 Å². The van der Waals surface area contributed by atoms with Gasteiger partial charge in [0, 0.05) is 5.92 Å². The van der Waals surface area contributed by atoms with Crippen LogP contribution in [-0.2, 0) is 0 Å². The second-order valence-corrected chi connectivity index (χ2v) is 13.3. The summed E-state index contributed by atoms with van der Waals surface area (Å²) in [5.74, 6) is 6.63. The van der Waals surface area contributed by atoms with E-state index in [-0.39, 0.29) is 6.10 Å². The van der Waals surface area contributed by atoms with Crippen molar-refractivity contribution in [3.05, 3.63) is 12.2 Å². The van der Waals surface area contributed by atoms with Gasteiger partial charge < -0.3 is 5.11 Å². The molecule has 4 aliphatic carbocycles. The molecule has 0 radical (unpaired) electrons. The number of fused-ring (bicyclic) bond motifs is 5. The third kappa shape index (κ3) is 4.08. The molecular weight excluding hydrogens is 376 g/mol. The second kappa shape index (κ2) is 9.15. The van der Waals surface area contributed by atoms with Crippen molar-refractivity contribution < 1.29 is 5.11 Å². The third-order valence-corrected chi connectivity index (χ3v) is 11.4. The first-order valence-electron chi connectivity index (χ1n) is 14.0. The van der Waals surface area contributed by atoms with Crippen LogP contribution in [0.5, 0.6) is 0 Å². The Morgan fingerprint density at radius 1 is 0.839 bits per heavy atom. The van der Waals surface area contributed by atoms with Gasteiger partial charge in [-0.2, -0.15) is 0 Å². The highest BCUT2D eigenvalue weighted by molar-refractivity contribution is 5.12. The summed E-state index contributed by atoms with van der Waals surface area (Å²) in [6.07, 6.45) is 19.7. The van der Waals surface area contributed by atoms with E-state index in [1.807, 2.05) is 0 Å². The van der Waals surface area contributed by atoms with E-state index in [4.69, 9.17) is 0 Å². The average molecular weight is 429 g/mol. The van der Waals surface area contributed by atoms with Gasteiger partial charge in [-0.25, -0.2) is 0 Å². The zero-order valence-corrected chi connectivity index (χ0v) is 21.6. The molecule has 10 atom stereocenters. The summed E-state index contributed by atoms with van der Waals surface area (Å²) in [6.45, 7) is 14.8. The van der Waals surface area contributed by atoms with Crippen LogP contribution in [-0.4, -0.2) is 11.2 Å². The molecule has 31 heavy (non-hydrogen) atoms. The molecule has 4 fully saturated rings. The smallest absolute Gasteiger partial charge is 0.0605 e. The van der Waals surface area contributed by atoms with Gasteiger partial charge in [0.1, 0.15) is 0 Å². The van der Waals surface area contributed by atoms with Crippen molar-refractivity contribution in [2.24, 2.45) is 58.2 Å². The van der Waals surface area contributed by atoms with Crippen molar-refractivity contribution in [2.75, 3.05) is 0 Å². The Labute approximate surface area is 193 Å². The highest BCUT2D eigenvalue weighted by atomic mass is 16.3. The van der Waals surface area contributed by atoms with Crippen LogP contribution in [0.4, 0.5) is 0 Å². The number of aliphatic hydroxyl groups is 1. The molecule has 0 aromatic carbocycles. The van der Waals surface area contributed by atoms with Crippen LogP contribution >= 0.6 is 0 Å². The number of allylic oxidation sites excluding steroid dienone is 1. The summed E-state index contributed by atoms with van der Waals surface area (Å²) in [4.78, 5) is 0. The van der Waals surface area contributed by atoms with Crippen LogP contribution in [0, 0.1) is 58.2 Å². The van der Waals surface area contributed by atoms with Crippen molar-refractivity contribution >= 4 is 0 Å². The minimum Gasteiger partial charge on any atom is -0.393 e. The molecule has 0 aliphatic heterocycles. The van der Waals surface area contributed by atoms with Crippen LogP contribution in [0.15, 0.2) is 12.2 Å². The lowest BCUT2D eigenvalue weighted by Gasteiger charge is -2.62. The maximum absolute atomic E-state index is 10.8. The number of hydrogen-bond donors (Lipinski definition) is 1. The van der Waals surface area contributed by atoms with Crippen LogP contribution in [0.3, 0.4) is 0 Å². The zero-order chi connectivity index (χ0) is 22.4. The Morgan fingerprint density at radius 2 is 1.52 bits per heavy atom. The topological polar surface area (TPSA) is 20.2 Å². The zero-order valence-electron chi connectivity index (χ0n) is 21.6. The minimum atomic E-state index is -0.109. The van der Waals surface area contributed by atoms with E-state index in [2.05, 4.69) is 53.7 Å². The molecule has 1 nitrogen and oxygen atoms in total. The molecule has 0 bridgehead atoms. The lowest BCUT2D eigenvalue weighted by molar-refractivity contribution is -0.144. The molecule has 4 saturated carbocycles. The van der Waals surface area contributed by atoms with Crippen molar-refractivity contribution in [1.29, 1.82) is 0 Å². The Hall–Kier alpha value is -0.300. The van der Waals surface area contributed by atoms with E-state index in [1.54, 1.807) is 0 Å². The first-order valence-corrected chi connectivity index (χ1v) is 14.0. The fraction of sp³-hybridized carbons (Fsp3) is 0.933. The first kappa shape index (κ1) is 23.8. The quantitative estimate of drug-likeness (QED) is 0.422. The van der Waals surface area contributed by atoms with E-state index in [9.17, 15) is 5.11 Å². The van der Waals surface area contributed by atoms with E-state index in [0.29, 0.717) is 22.7 Å². The molecule has 0 unspecified atom stereocenters. The van der Waals surface area contributed by atoms with E-state index in [0.717, 1.165) is 41.9 Å². The van der Waals surface area contributed by atoms with Crippen molar-refractivity contribution in [3.8, 4) is 0 Å². The molecule has 0 aromatic heterocycles. The molecule has 0 saturated heterocycles. The van der Waals surface area contributed by atoms with Gasteiger partial charge in [0.05, 0.1) is 6.10 Å². The predicted molar refractivity (Wildman–Crippen MR) is 133 cm³/mol. The van der Waals surface area contributed by atoms with Crippen molar-refractivity contribution in [3.63, 3.8) is 0 Å².